The van der Waals surface area contributed by atoms with Crippen LogP contribution in [0.15, 0.2) is 54.7 Å². The van der Waals surface area contributed by atoms with Gasteiger partial charge in [0.15, 0.2) is 0 Å². The Bertz CT molecular complexity index is 777. The van der Waals surface area contributed by atoms with E-state index in [1.165, 1.54) is 0 Å². The van der Waals surface area contributed by atoms with Crippen LogP contribution in [0.3, 0.4) is 0 Å². The molecule has 0 aliphatic carbocycles. The summed E-state index contributed by atoms with van der Waals surface area (Å²) in [5.41, 5.74) is 3.63. The highest BCUT2D eigenvalue weighted by molar-refractivity contribution is 5.78. The normalized spacial score (nSPS) is 9.95. The van der Waals surface area contributed by atoms with Crippen LogP contribution in [0.1, 0.15) is 17.0 Å². The molecule has 2 nitrogen and oxygen atoms in total. The molecule has 0 bridgehead atoms. The topological polar surface area (TPSA) is 25.8 Å². The van der Waals surface area contributed by atoms with Gasteiger partial charge in [0, 0.05) is 11.6 Å². The van der Waals surface area contributed by atoms with E-state index in [0.717, 1.165) is 27.9 Å². The third-order valence-electron chi connectivity index (χ3n) is 2.83. The molecule has 2 heteroatoms. The lowest BCUT2D eigenvalue weighted by molar-refractivity contribution is 1.24. The summed E-state index contributed by atoms with van der Waals surface area (Å²) in [5.74, 6) is 6.08. The summed E-state index contributed by atoms with van der Waals surface area (Å²) in [4.78, 5) is 8.76. The second-order valence-electron chi connectivity index (χ2n) is 4.36. The average Bonchev–Trinajstić information content (AvgIpc) is 2.46. The molecular weight excluding hydrogens is 232 g/mol. The van der Waals surface area contributed by atoms with E-state index in [4.69, 9.17) is 0 Å². The molecule has 0 saturated carbocycles. The highest BCUT2D eigenvalue weighted by atomic mass is 14.7. The standard InChI is InChI=1S/C17H12N2/c1-13-6-8-15(18-12-13)10-11-16-9-7-14-4-2-3-5-17(14)19-16/h2-9,12H,1H3. The number of nitrogens with zero attached hydrogens (tertiary/aromatic N) is 2. The molecule has 0 spiro atoms. The fourth-order valence-electron chi connectivity index (χ4n) is 1.81. The van der Waals surface area contributed by atoms with Gasteiger partial charge in [0.25, 0.3) is 0 Å². The third-order valence-corrected chi connectivity index (χ3v) is 2.83. The van der Waals surface area contributed by atoms with Gasteiger partial charge >= 0.3 is 0 Å². The first-order valence-electron chi connectivity index (χ1n) is 6.12. The van der Waals surface area contributed by atoms with Crippen molar-refractivity contribution in [3.05, 3.63) is 71.7 Å². The van der Waals surface area contributed by atoms with Crippen molar-refractivity contribution in [1.29, 1.82) is 0 Å². The zero-order valence-electron chi connectivity index (χ0n) is 10.6. The van der Waals surface area contributed by atoms with Crippen LogP contribution in [0.4, 0.5) is 0 Å². The first kappa shape index (κ1) is 11.4. The fourth-order valence-corrected chi connectivity index (χ4v) is 1.81. The van der Waals surface area contributed by atoms with Crippen LogP contribution in [0.2, 0.25) is 0 Å². The zero-order valence-corrected chi connectivity index (χ0v) is 10.6. The van der Waals surface area contributed by atoms with Crippen LogP contribution in [-0.4, -0.2) is 9.97 Å². The van der Waals surface area contributed by atoms with E-state index in [9.17, 15) is 0 Å². The van der Waals surface area contributed by atoms with E-state index in [1.54, 1.807) is 0 Å². The lowest BCUT2D eigenvalue weighted by Crippen LogP contribution is -1.85. The van der Waals surface area contributed by atoms with Crippen molar-refractivity contribution >= 4 is 10.9 Å². The SMILES string of the molecule is Cc1ccc(C#Cc2ccc3ccccc3n2)nc1. The van der Waals surface area contributed by atoms with E-state index in [1.807, 2.05) is 61.7 Å². The molecule has 0 fully saturated rings. The van der Waals surface area contributed by atoms with Gasteiger partial charge in [-0.05, 0) is 42.5 Å². The Morgan fingerprint density at radius 2 is 1.63 bits per heavy atom. The summed E-state index contributed by atoms with van der Waals surface area (Å²) in [6.45, 7) is 2.01. The van der Waals surface area contributed by atoms with Crippen molar-refractivity contribution in [1.82, 2.24) is 9.97 Å². The van der Waals surface area contributed by atoms with Crippen molar-refractivity contribution in [2.75, 3.05) is 0 Å². The molecule has 19 heavy (non-hydrogen) atoms. The highest BCUT2D eigenvalue weighted by Gasteiger charge is 1.94. The number of aryl methyl sites for hydroxylation is 1. The number of aromatic nitrogens is 2. The lowest BCUT2D eigenvalue weighted by atomic mass is 10.2. The molecule has 0 amide bonds. The van der Waals surface area contributed by atoms with Gasteiger partial charge < -0.3 is 0 Å². The molecule has 0 aliphatic heterocycles. The second-order valence-corrected chi connectivity index (χ2v) is 4.36. The van der Waals surface area contributed by atoms with Crippen LogP contribution in [0.5, 0.6) is 0 Å². The minimum Gasteiger partial charge on any atom is -0.248 e. The monoisotopic (exact) mass is 244 g/mol. The molecule has 3 aromatic rings. The Morgan fingerprint density at radius 3 is 2.47 bits per heavy atom. The first-order valence-corrected chi connectivity index (χ1v) is 6.12. The van der Waals surface area contributed by atoms with Gasteiger partial charge in [-0.2, -0.15) is 0 Å². The maximum absolute atomic E-state index is 4.51. The number of para-hydroxylation sites is 1. The third kappa shape index (κ3) is 2.61. The summed E-state index contributed by atoms with van der Waals surface area (Å²) in [7, 11) is 0. The maximum Gasteiger partial charge on any atom is 0.114 e. The van der Waals surface area contributed by atoms with E-state index >= 15 is 0 Å². The number of pyridine rings is 2. The molecule has 0 atom stereocenters. The Hall–Kier alpha value is -2.66. The minimum atomic E-state index is 0.764. The molecule has 2 aromatic heterocycles. The van der Waals surface area contributed by atoms with Crippen molar-refractivity contribution < 1.29 is 0 Å². The molecule has 90 valence electrons. The number of benzene rings is 1. The van der Waals surface area contributed by atoms with Crippen LogP contribution < -0.4 is 0 Å². The summed E-state index contributed by atoms with van der Waals surface area (Å²) in [5, 5.41) is 1.13. The van der Waals surface area contributed by atoms with E-state index in [-0.39, 0.29) is 0 Å². The molecule has 0 N–H and O–H groups in total. The number of hydrogen-bond acceptors (Lipinski definition) is 2. The van der Waals surface area contributed by atoms with Crippen molar-refractivity contribution in [3.63, 3.8) is 0 Å². The largest absolute Gasteiger partial charge is 0.248 e. The summed E-state index contributed by atoms with van der Waals surface area (Å²) in [6, 6.07) is 15.9. The van der Waals surface area contributed by atoms with Gasteiger partial charge in [-0.1, -0.05) is 30.3 Å². The summed E-state index contributed by atoms with van der Waals surface area (Å²) >= 11 is 0. The molecule has 1 aromatic carbocycles. The molecule has 0 radical (unpaired) electrons. The second kappa shape index (κ2) is 4.91. The number of rotatable bonds is 0. The van der Waals surface area contributed by atoms with Gasteiger partial charge in [-0.3, -0.25) is 0 Å². The Balaban J connectivity index is 1.95. The molecular formula is C17H12N2. The van der Waals surface area contributed by atoms with E-state index in [2.05, 4.69) is 21.8 Å². The van der Waals surface area contributed by atoms with Crippen molar-refractivity contribution in [2.45, 2.75) is 6.92 Å². The van der Waals surface area contributed by atoms with Crippen LogP contribution >= 0.6 is 0 Å². The Labute approximate surface area is 112 Å². The number of hydrogen-bond donors (Lipinski definition) is 0. The molecule has 0 saturated heterocycles. The minimum absolute atomic E-state index is 0.764. The highest BCUT2D eigenvalue weighted by Crippen LogP contribution is 2.11. The van der Waals surface area contributed by atoms with Gasteiger partial charge in [0.05, 0.1) is 5.52 Å². The smallest absolute Gasteiger partial charge is 0.114 e. The molecule has 0 aliphatic rings. The van der Waals surface area contributed by atoms with Gasteiger partial charge in [-0.15, -0.1) is 0 Å². The molecule has 2 heterocycles. The summed E-state index contributed by atoms with van der Waals surface area (Å²) in [6.07, 6.45) is 1.82. The van der Waals surface area contributed by atoms with Crippen molar-refractivity contribution in [2.24, 2.45) is 0 Å². The van der Waals surface area contributed by atoms with E-state index < -0.39 is 0 Å². The predicted octanol–water partition coefficient (Wildman–Crippen LogP) is 3.34. The zero-order chi connectivity index (χ0) is 13.1. The first-order chi connectivity index (χ1) is 9.31. The maximum atomic E-state index is 4.51. The van der Waals surface area contributed by atoms with Crippen molar-refractivity contribution in [3.8, 4) is 11.8 Å². The van der Waals surface area contributed by atoms with E-state index in [0.29, 0.717) is 0 Å². The number of fused-ring (bicyclic) bond motifs is 1. The quantitative estimate of drug-likeness (QED) is 0.567. The average molecular weight is 244 g/mol. The molecule has 3 rings (SSSR count). The van der Waals surface area contributed by atoms with Crippen LogP contribution in [0.25, 0.3) is 10.9 Å². The van der Waals surface area contributed by atoms with Gasteiger partial charge in [-0.25, -0.2) is 9.97 Å². The van der Waals surface area contributed by atoms with Crippen LogP contribution in [0, 0.1) is 18.8 Å². The van der Waals surface area contributed by atoms with Crippen LogP contribution in [-0.2, 0) is 0 Å². The Morgan fingerprint density at radius 1 is 0.842 bits per heavy atom. The van der Waals surface area contributed by atoms with Gasteiger partial charge in [0.2, 0.25) is 0 Å². The molecule has 0 unspecified atom stereocenters. The predicted molar refractivity (Wildman–Crippen MR) is 76.7 cm³/mol. The fraction of sp³-hybridized carbons (Fsp3) is 0.0588. The van der Waals surface area contributed by atoms with Gasteiger partial charge in [0.1, 0.15) is 11.4 Å². The Kier molecular flexibility index (Phi) is 2.96. The lowest BCUT2D eigenvalue weighted by Gasteiger charge is -1.96. The summed E-state index contributed by atoms with van der Waals surface area (Å²) < 4.78 is 0.